The number of aliphatic hydroxyl groups is 1. The molecule has 0 spiro atoms. The maximum absolute atomic E-state index is 13.6. The number of ether oxygens (including phenoxy) is 2. The van der Waals surface area contributed by atoms with Gasteiger partial charge >= 0.3 is 5.97 Å². The Kier molecular flexibility index (Phi) is 11.9. The van der Waals surface area contributed by atoms with Crippen LogP contribution < -0.4 is 0 Å². The Bertz CT molecular complexity index is 1460. The Morgan fingerprint density at radius 2 is 1.36 bits per heavy atom. The van der Waals surface area contributed by atoms with Gasteiger partial charge in [-0.2, -0.15) is 0 Å². The van der Waals surface area contributed by atoms with E-state index < -0.39 is 24.1 Å². The van der Waals surface area contributed by atoms with Crippen molar-refractivity contribution in [3.8, 4) is 0 Å². The molecule has 5 heteroatoms. The molecule has 0 unspecified atom stereocenters. The lowest BCUT2D eigenvalue weighted by Crippen LogP contribution is -2.40. The summed E-state index contributed by atoms with van der Waals surface area (Å²) >= 11 is 0. The molecule has 0 heterocycles. The van der Waals surface area contributed by atoms with Gasteiger partial charge in [0.05, 0.1) is 25.2 Å². The highest BCUT2D eigenvalue weighted by Crippen LogP contribution is 2.31. The van der Waals surface area contributed by atoms with E-state index in [9.17, 15) is 9.90 Å². The van der Waals surface area contributed by atoms with Crippen molar-refractivity contribution in [2.45, 2.75) is 79.5 Å². The number of aryl methyl sites for hydroxylation is 4. The molecule has 0 fully saturated rings. The van der Waals surface area contributed by atoms with Gasteiger partial charge in [-0.25, -0.2) is 0 Å². The highest BCUT2D eigenvalue weighted by Gasteiger charge is 2.33. The number of esters is 1. The quantitative estimate of drug-likeness (QED) is 0.151. The molecule has 0 aliphatic heterocycles. The molecule has 4 rings (SSSR count). The molecule has 0 saturated carbocycles. The second-order valence-corrected chi connectivity index (χ2v) is 12.1. The first-order valence-corrected chi connectivity index (χ1v) is 15.5. The van der Waals surface area contributed by atoms with Gasteiger partial charge in [-0.15, -0.1) is 0 Å². The van der Waals surface area contributed by atoms with Crippen LogP contribution in [0.4, 0.5) is 0 Å². The van der Waals surface area contributed by atoms with Crippen LogP contribution in [0.15, 0.2) is 97.1 Å². The summed E-state index contributed by atoms with van der Waals surface area (Å²) in [6.45, 7) is 14.3. The fraction of sp³-hybridized carbons (Fsp3) is 0.359. The topological polar surface area (TPSA) is 59.0 Å². The Morgan fingerprint density at radius 1 is 0.773 bits per heavy atom. The zero-order valence-electron chi connectivity index (χ0n) is 27.0. The van der Waals surface area contributed by atoms with E-state index in [2.05, 4.69) is 75.9 Å². The lowest BCUT2D eigenvalue weighted by atomic mass is 9.96. The van der Waals surface area contributed by atoms with Gasteiger partial charge in [0, 0.05) is 19.1 Å². The average molecular weight is 594 g/mol. The van der Waals surface area contributed by atoms with E-state index in [1.54, 1.807) is 6.92 Å². The van der Waals surface area contributed by atoms with Gasteiger partial charge in [0.1, 0.15) is 6.10 Å². The highest BCUT2D eigenvalue weighted by molar-refractivity contribution is 5.73. The van der Waals surface area contributed by atoms with E-state index in [1.165, 1.54) is 33.4 Å². The number of benzene rings is 4. The third-order valence-corrected chi connectivity index (χ3v) is 8.57. The molecule has 0 aliphatic rings. The van der Waals surface area contributed by atoms with Crippen molar-refractivity contribution in [3.05, 3.63) is 142 Å². The van der Waals surface area contributed by atoms with Gasteiger partial charge < -0.3 is 14.6 Å². The first-order chi connectivity index (χ1) is 21.1. The summed E-state index contributed by atoms with van der Waals surface area (Å²) in [4.78, 5) is 16.0. The number of rotatable bonds is 14. The van der Waals surface area contributed by atoms with Crippen molar-refractivity contribution in [3.63, 3.8) is 0 Å². The molecule has 0 aliphatic carbocycles. The fourth-order valence-corrected chi connectivity index (χ4v) is 5.70. The van der Waals surface area contributed by atoms with E-state index >= 15 is 0 Å². The molecular formula is C39H47NO4. The second-order valence-electron chi connectivity index (χ2n) is 12.1. The number of nitrogens with zero attached hydrogens (tertiary/aromatic N) is 1. The summed E-state index contributed by atoms with van der Waals surface area (Å²) in [5.41, 5.74) is 9.44. The van der Waals surface area contributed by atoms with Gasteiger partial charge in [0.2, 0.25) is 0 Å². The summed E-state index contributed by atoms with van der Waals surface area (Å²) in [5.74, 6) is -1.20. The smallest absolute Gasteiger partial charge is 0.312 e. The summed E-state index contributed by atoms with van der Waals surface area (Å²) in [7, 11) is 0. The highest BCUT2D eigenvalue weighted by atomic mass is 16.5. The van der Waals surface area contributed by atoms with E-state index in [1.807, 2.05) is 60.7 Å². The van der Waals surface area contributed by atoms with Gasteiger partial charge in [-0.3, -0.25) is 9.69 Å². The molecule has 232 valence electrons. The first kappa shape index (κ1) is 33.1. The summed E-state index contributed by atoms with van der Waals surface area (Å²) in [5, 5.41) is 10.9. The van der Waals surface area contributed by atoms with Gasteiger partial charge in [0.25, 0.3) is 0 Å². The lowest BCUT2D eigenvalue weighted by Gasteiger charge is -2.36. The Balaban J connectivity index is 1.57. The second kappa shape index (κ2) is 15.8. The van der Waals surface area contributed by atoms with Crippen LogP contribution in [0.1, 0.15) is 64.5 Å². The Morgan fingerprint density at radius 3 is 2.00 bits per heavy atom. The molecule has 5 nitrogen and oxygen atoms in total. The van der Waals surface area contributed by atoms with Crippen LogP contribution in [0.2, 0.25) is 0 Å². The van der Waals surface area contributed by atoms with Crippen molar-refractivity contribution in [2.75, 3.05) is 6.61 Å². The summed E-state index contributed by atoms with van der Waals surface area (Å²) in [6, 6.07) is 32.4. The number of carbonyl (C=O) groups excluding carboxylic acids is 1. The number of aliphatic hydroxyl groups excluding tert-OH is 1. The third-order valence-electron chi connectivity index (χ3n) is 8.57. The zero-order chi connectivity index (χ0) is 31.6. The van der Waals surface area contributed by atoms with E-state index in [0.29, 0.717) is 19.7 Å². The van der Waals surface area contributed by atoms with Gasteiger partial charge in [-0.1, -0.05) is 103 Å². The molecule has 44 heavy (non-hydrogen) atoms. The number of hydrogen-bond acceptors (Lipinski definition) is 5. The molecule has 4 aromatic carbocycles. The van der Waals surface area contributed by atoms with Crippen LogP contribution in [0.5, 0.6) is 0 Å². The predicted molar refractivity (Wildman–Crippen MR) is 177 cm³/mol. The van der Waals surface area contributed by atoms with Gasteiger partial charge in [0.15, 0.2) is 0 Å². The van der Waals surface area contributed by atoms with Crippen molar-refractivity contribution in [1.29, 1.82) is 0 Å². The van der Waals surface area contributed by atoms with E-state index in [4.69, 9.17) is 9.47 Å². The predicted octanol–water partition coefficient (Wildman–Crippen LogP) is 7.81. The molecule has 1 N–H and O–H groups in total. The van der Waals surface area contributed by atoms with Crippen LogP contribution in [0.25, 0.3) is 0 Å². The van der Waals surface area contributed by atoms with Crippen molar-refractivity contribution < 1.29 is 19.4 Å². The number of hydrogen-bond donors (Lipinski definition) is 1. The first-order valence-electron chi connectivity index (χ1n) is 15.5. The van der Waals surface area contributed by atoms with Crippen molar-refractivity contribution in [1.82, 2.24) is 4.90 Å². The maximum Gasteiger partial charge on any atom is 0.312 e. The largest absolute Gasteiger partial charge is 0.456 e. The summed E-state index contributed by atoms with van der Waals surface area (Å²) in [6.07, 6.45) is -1.53. The maximum atomic E-state index is 13.6. The van der Waals surface area contributed by atoms with Crippen LogP contribution >= 0.6 is 0 Å². The summed E-state index contributed by atoms with van der Waals surface area (Å²) < 4.78 is 12.1. The molecule has 0 amide bonds. The van der Waals surface area contributed by atoms with E-state index in [0.717, 1.165) is 11.1 Å². The zero-order valence-corrected chi connectivity index (χ0v) is 27.0. The van der Waals surface area contributed by atoms with E-state index in [-0.39, 0.29) is 12.6 Å². The molecule has 0 radical (unpaired) electrons. The van der Waals surface area contributed by atoms with Crippen molar-refractivity contribution >= 4 is 5.97 Å². The molecule has 4 atom stereocenters. The number of carbonyl (C=O) groups is 1. The minimum absolute atomic E-state index is 0.0438. The SMILES string of the molecule is Cc1cc(C)c(CN(Cc2ccccc2C)[C@@H](C)[C@H](OC(=O)[C@H](C)[C@@H](O)COCc2ccccc2)c2ccccc2)c(C)c1. The lowest BCUT2D eigenvalue weighted by molar-refractivity contribution is -0.163. The molecule has 0 aromatic heterocycles. The minimum Gasteiger partial charge on any atom is -0.456 e. The monoisotopic (exact) mass is 593 g/mol. The van der Waals surface area contributed by atoms with Gasteiger partial charge in [-0.05, 0) is 80.5 Å². The average Bonchev–Trinajstić information content (AvgIpc) is 3.02. The van der Waals surface area contributed by atoms with Crippen LogP contribution in [-0.4, -0.2) is 34.7 Å². The van der Waals surface area contributed by atoms with Crippen LogP contribution in [-0.2, 0) is 34.0 Å². The molecule has 0 bridgehead atoms. The molecular weight excluding hydrogens is 546 g/mol. The Hall–Kier alpha value is -3.77. The molecule has 4 aromatic rings. The van der Waals surface area contributed by atoms with Crippen molar-refractivity contribution in [2.24, 2.45) is 5.92 Å². The van der Waals surface area contributed by atoms with Crippen LogP contribution in [0, 0.1) is 33.6 Å². The molecule has 0 saturated heterocycles. The van der Waals surface area contributed by atoms with Crippen LogP contribution in [0.3, 0.4) is 0 Å². The normalized spacial score (nSPS) is 14.2. The standard InChI is InChI=1S/C39H47NO4/c1-27-21-29(3)36(30(4)22-27)24-40(23-35-20-14-13-15-28(35)2)32(6)38(34-18-11-8-12-19-34)44-39(42)31(5)37(41)26-43-25-33-16-9-7-10-17-33/h7-22,31-32,37-38,41H,23-26H2,1-6H3/t31-,32+,37+,38+/m1/s1. The minimum atomic E-state index is -0.987. The fourth-order valence-electron chi connectivity index (χ4n) is 5.70. The third kappa shape index (κ3) is 8.88. The Labute approximate surface area is 263 Å².